The molecule has 1 saturated heterocycles. The molecular weight excluding hydrogens is 330 g/mol. The van der Waals surface area contributed by atoms with E-state index in [0.29, 0.717) is 9.23 Å². The van der Waals surface area contributed by atoms with Gasteiger partial charge in [0.1, 0.15) is 4.32 Å². The van der Waals surface area contributed by atoms with E-state index in [1.54, 1.807) is 11.3 Å². The number of hydrogen-bond acceptors (Lipinski definition) is 4. The van der Waals surface area contributed by atoms with Crippen LogP contribution in [0.5, 0.6) is 0 Å². The van der Waals surface area contributed by atoms with E-state index in [4.69, 9.17) is 23.8 Å². The minimum absolute atomic E-state index is 0.132. The van der Waals surface area contributed by atoms with Gasteiger partial charge in [-0.05, 0) is 29.2 Å². The molecule has 2 heterocycles. The average Bonchev–Trinajstić information content (AvgIpc) is 2.98. The third-order valence-corrected chi connectivity index (χ3v) is 5.09. The number of thioether (sulfide) groups is 1. The van der Waals surface area contributed by atoms with E-state index in [1.807, 2.05) is 41.8 Å². The summed E-state index contributed by atoms with van der Waals surface area (Å²) in [6, 6.07) is 9.73. The van der Waals surface area contributed by atoms with Gasteiger partial charge in [-0.25, -0.2) is 0 Å². The number of amides is 1. The fourth-order valence-electron chi connectivity index (χ4n) is 1.82. The van der Waals surface area contributed by atoms with Gasteiger partial charge >= 0.3 is 0 Å². The van der Waals surface area contributed by atoms with Crippen molar-refractivity contribution in [1.29, 1.82) is 0 Å². The molecule has 1 aromatic carbocycles. The molecule has 3 rings (SSSR count). The molecule has 1 aromatic heterocycles. The van der Waals surface area contributed by atoms with Crippen molar-refractivity contribution in [3.05, 3.63) is 50.5 Å². The molecule has 0 bridgehead atoms. The number of thiophene rings is 1. The Morgan fingerprint density at radius 1 is 1.30 bits per heavy atom. The standard InChI is InChI=1S/C14H8ClNOS3/c15-11-4-2-1-3-10(11)8-5-9(19-7-8)6-12-13(17)16-14(18)20-12/h1-7H,(H,16,17,18). The Hall–Kier alpha value is -1.14. The first-order valence-electron chi connectivity index (χ1n) is 5.72. The van der Waals surface area contributed by atoms with Crippen molar-refractivity contribution >= 4 is 63.2 Å². The Labute approximate surface area is 134 Å². The monoisotopic (exact) mass is 337 g/mol. The Balaban J connectivity index is 1.92. The smallest absolute Gasteiger partial charge is 0.263 e. The highest BCUT2D eigenvalue weighted by Crippen LogP contribution is 2.33. The van der Waals surface area contributed by atoms with Crippen molar-refractivity contribution in [3.63, 3.8) is 0 Å². The van der Waals surface area contributed by atoms with Gasteiger partial charge in [0.2, 0.25) is 0 Å². The Bertz CT molecular complexity index is 736. The van der Waals surface area contributed by atoms with Gasteiger partial charge in [0.25, 0.3) is 5.91 Å². The van der Waals surface area contributed by atoms with Gasteiger partial charge in [-0.1, -0.05) is 53.8 Å². The lowest BCUT2D eigenvalue weighted by atomic mass is 10.1. The highest BCUT2D eigenvalue weighted by Gasteiger charge is 2.22. The number of halogens is 1. The van der Waals surface area contributed by atoms with Gasteiger partial charge < -0.3 is 5.32 Å². The second-order valence-corrected chi connectivity index (χ2v) is 7.14. The van der Waals surface area contributed by atoms with E-state index >= 15 is 0 Å². The summed E-state index contributed by atoms with van der Waals surface area (Å²) in [6.07, 6.45) is 1.85. The fourth-order valence-corrected chi connectivity index (χ4v) is 4.01. The first kappa shape index (κ1) is 13.8. The third-order valence-electron chi connectivity index (χ3n) is 2.72. The van der Waals surface area contributed by atoms with Crippen LogP contribution in [0, 0.1) is 0 Å². The summed E-state index contributed by atoms with van der Waals surface area (Å²) in [7, 11) is 0. The molecule has 100 valence electrons. The lowest BCUT2D eigenvalue weighted by molar-refractivity contribution is -0.115. The normalized spacial score (nSPS) is 16.8. The lowest BCUT2D eigenvalue weighted by Gasteiger charge is -1.99. The summed E-state index contributed by atoms with van der Waals surface area (Å²) in [5, 5.41) is 5.36. The fraction of sp³-hybridized carbons (Fsp3) is 0. The second-order valence-electron chi connectivity index (χ2n) is 4.07. The van der Waals surface area contributed by atoms with Crippen LogP contribution in [0.2, 0.25) is 5.02 Å². The van der Waals surface area contributed by atoms with Crippen LogP contribution < -0.4 is 5.32 Å². The number of nitrogens with one attached hydrogen (secondary N) is 1. The molecule has 1 aliphatic heterocycles. The van der Waals surface area contributed by atoms with E-state index in [2.05, 4.69) is 5.32 Å². The molecule has 1 fully saturated rings. The van der Waals surface area contributed by atoms with Gasteiger partial charge in [0.15, 0.2) is 0 Å². The molecule has 0 spiro atoms. The van der Waals surface area contributed by atoms with Crippen LogP contribution in [0.3, 0.4) is 0 Å². The van der Waals surface area contributed by atoms with Gasteiger partial charge in [-0.3, -0.25) is 4.79 Å². The van der Waals surface area contributed by atoms with Crippen LogP contribution in [-0.2, 0) is 4.79 Å². The summed E-state index contributed by atoms with van der Waals surface area (Å²) in [6.45, 7) is 0. The molecule has 1 N–H and O–H groups in total. The van der Waals surface area contributed by atoms with Crippen LogP contribution >= 0.6 is 46.9 Å². The van der Waals surface area contributed by atoms with Crippen LogP contribution in [0.1, 0.15) is 4.88 Å². The molecular formula is C14H8ClNOS3. The zero-order valence-corrected chi connectivity index (χ0v) is 13.3. The molecule has 2 aromatic rings. The van der Waals surface area contributed by atoms with Crippen molar-refractivity contribution in [3.8, 4) is 11.1 Å². The minimum Gasteiger partial charge on any atom is -0.307 e. The van der Waals surface area contributed by atoms with Crippen LogP contribution in [0.15, 0.2) is 40.6 Å². The van der Waals surface area contributed by atoms with Crippen LogP contribution in [0.25, 0.3) is 17.2 Å². The average molecular weight is 338 g/mol. The maximum Gasteiger partial charge on any atom is 0.263 e. The zero-order valence-electron chi connectivity index (χ0n) is 10.1. The van der Waals surface area contributed by atoms with Crippen LogP contribution in [0.4, 0.5) is 0 Å². The Morgan fingerprint density at radius 2 is 2.10 bits per heavy atom. The first-order chi connectivity index (χ1) is 9.63. The third kappa shape index (κ3) is 2.81. The Morgan fingerprint density at radius 3 is 2.80 bits per heavy atom. The molecule has 6 heteroatoms. The number of benzene rings is 1. The minimum atomic E-state index is -0.132. The van der Waals surface area contributed by atoms with Crippen LogP contribution in [-0.4, -0.2) is 10.2 Å². The number of rotatable bonds is 2. The predicted molar refractivity (Wildman–Crippen MR) is 91.1 cm³/mol. The quantitative estimate of drug-likeness (QED) is 0.643. The maximum atomic E-state index is 11.6. The highest BCUT2D eigenvalue weighted by atomic mass is 35.5. The second kappa shape index (κ2) is 5.69. The molecule has 1 amide bonds. The van der Waals surface area contributed by atoms with Gasteiger partial charge in [0.05, 0.1) is 4.91 Å². The van der Waals surface area contributed by atoms with Crippen molar-refractivity contribution in [2.75, 3.05) is 0 Å². The molecule has 2 nitrogen and oxygen atoms in total. The van der Waals surface area contributed by atoms with Gasteiger partial charge in [-0.2, -0.15) is 0 Å². The Kier molecular flexibility index (Phi) is 3.94. The molecule has 0 saturated carbocycles. The molecule has 0 radical (unpaired) electrons. The zero-order chi connectivity index (χ0) is 14.1. The first-order valence-corrected chi connectivity index (χ1v) is 8.20. The SMILES string of the molecule is O=C1NC(=S)SC1=Cc1cc(-c2ccccc2Cl)cs1. The predicted octanol–water partition coefficient (Wildman–Crippen LogP) is 4.56. The maximum absolute atomic E-state index is 11.6. The van der Waals surface area contributed by atoms with E-state index in [9.17, 15) is 4.79 Å². The van der Waals surface area contributed by atoms with E-state index in [-0.39, 0.29) is 5.91 Å². The van der Waals surface area contributed by atoms with E-state index in [1.165, 1.54) is 11.8 Å². The van der Waals surface area contributed by atoms with Crippen molar-refractivity contribution in [1.82, 2.24) is 5.32 Å². The van der Waals surface area contributed by atoms with Crippen molar-refractivity contribution in [2.24, 2.45) is 0 Å². The number of hydrogen-bond donors (Lipinski definition) is 1. The number of thiocarbonyl (C=S) groups is 1. The van der Waals surface area contributed by atoms with E-state index in [0.717, 1.165) is 21.0 Å². The lowest BCUT2D eigenvalue weighted by Crippen LogP contribution is -2.17. The summed E-state index contributed by atoms with van der Waals surface area (Å²) in [5.74, 6) is -0.132. The number of carbonyl (C=O) groups is 1. The molecule has 0 unspecified atom stereocenters. The summed E-state index contributed by atoms with van der Waals surface area (Å²) in [4.78, 5) is 13.2. The largest absolute Gasteiger partial charge is 0.307 e. The highest BCUT2D eigenvalue weighted by molar-refractivity contribution is 8.26. The molecule has 0 atom stereocenters. The molecule has 1 aliphatic rings. The van der Waals surface area contributed by atoms with Crippen molar-refractivity contribution in [2.45, 2.75) is 0 Å². The van der Waals surface area contributed by atoms with Gasteiger partial charge in [0, 0.05) is 15.5 Å². The molecule has 20 heavy (non-hydrogen) atoms. The van der Waals surface area contributed by atoms with E-state index < -0.39 is 0 Å². The topological polar surface area (TPSA) is 29.1 Å². The number of carbonyl (C=O) groups excluding carboxylic acids is 1. The van der Waals surface area contributed by atoms with Gasteiger partial charge in [-0.15, -0.1) is 11.3 Å². The molecule has 0 aliphatic carbocycles. The van der Waals surface area contributed by atoms with Crippen molar-refractivity contribution < 1.29 is 4.79 Å². The summed E-state index contributed by atoms with van der Waals surface area (Å²) in [5.41, 5.74) is 2.05. The summed E-state index contributed by atoms with van der Waals surface area (Å²) < 4.78 is 0.504. The summed E-state index contributed by atoms with van der Waals surface area (Å²) >= 11 is 14.0.